The smallest absolute Gasteiger partial charge is 0.317 e. The number of nitrogens with one attached hydrogen (secondary N) is 2. The third-order valence-corrected chi connectivity index (χ3v) is 4.94. The van der Waals surface area contributed by atoms with Crippen molar-refractivity contribution in [1.82, 2.24) is 15.2 Å². The quantitative estimate of drug-likeness (QED) is 0.740. The van der Waals surface area contributed by atoms with E-state index in [0.29, 0.717) is 26.2 Å². The summed E-state index contributed by atoms with van der Waals surface area (Å²) in [5, 5.41) is 4.18. The van der Waals surface area contributed by atoms with Crippen LogP contribution in [0, 0.1) is 5.82 Å². The van der Waals surface area contributed by atoms with Gasteiger partial charge in [0, 0.05) is 30.2 Å². The van der Waals surface area contributed by atoms with Crippen LogP contribution in [0.15, 0.2) is 54.7 Å². The molecule has 5 nitrogen and oxygen atoms in total. The van der Waals surface area contributed by atoms with Crippen LogP contribution in [0.4, 0.5) is 9.18 Å². The molecule has 2 N–H and O–H groups in total. The summed E-state index contributed by atoms with van der Waals surface area (Å²) in [5.74, 6) is -0.276. The van der Waals surface area contributed by atoms with Gasteiger partial charge in [-0.3, -0.25) is 0 Å². The minimum atomic E-state index is -0.276. The van der Waals surface area contributed by atoms with Crippen LogP contribution in [0.25, 0.3) is 10.9 Å². The molecule has 4 rings (SSSR count). The molecular formula is C21H22FN3O2. The summed E-state index contributed by atoms with van der Waals surface area (Å²) in [6.07, 6.45) is 2.54. The first kappa shape index (κ1) is 17.5. The van der Waals surface area contributed by atoms with Crippen molar-refractivity contribution in [2.45, 2.75) is 12.5 Å². The first-order valence-corrected chi connectivity index (χ1v) is 9.15. The van der Waals surface area contributed by atoms with E-state index in [1.165, 1.54) is 23.1 Å². The van der Waals surface area contributed by atoms with Gasteiger partial charge in [-0.2, -0.15) is 0 Å². The lowest BCUT2D eigenvalue weighted by atomic mass is 10.1. The number of nitrogens with zero attached hydrogens (tertiary/aromatic N) is 1. The molecule has 0 spiro atoms. The van der Waals surface area contributed by atoms with Gasteiger partial charge in [-0.05, 0) is 35.7 Å². The number of urea groups is 1. The monoisotopic (exact) mass is 367 g/mol. The van der Waals surface area contributed by atoms with Crippen molar-refractivity contribution in [3.63, 3.8) is 0 Å². The van der Waals surface area contributed by atoms with E-state index in [4.69, 9.17) is 4.74 Å². The van der Waals surface area contributed by atoms with Crippen LogP contribution in [-0.4, -0.2) is 42.2 Å². The molecule has 1 aromatic heterocycles. The summed E-state index contributed by atoms with van der Waals surface area (Å²) in [6.45, 7) is 2.05. The summed E-state index contributed by atoms with van der Waals surface area (Å²) in [6, 6.07) is 14.3. The number of para-hydroxylation sites is 1. The number of ether oxygens (including phenoxy) is 1. The highest BCUT2D eigenvalue weighted by molar-refractivity contribution is 5.83. The van der Waals surface area contributed by atoms with Crippen LogP contribution in [0.5, 0.6) is 0 Å². The van der Waals surface area contributed by atoms with Crippen LogP contribution >= 0.6 is 0 Å². The van der Waals surface area contributed by atoms with Gasteiger partial charge in [0.05, 0.1) is 13.2 Å². The van der Waals surface area contributed by atoms with E-state index in [1.54, 1.807) is 17.0 Å². The molecular weight excluding hydrogens is 345 g/mol. The van der Waals surface area contributed by atoms with E-state index in [2.05, 4.69) is 16.4 Å². The molecule has 2 aromatic carbocycles. The molecule has 1 unspecified atom stereocenters. The SMILES string of the molecule is O=C(NCCc1c[nH]c2ccccc12)N1CCOC(c2ccc(F)cc2)C1. The second-order valence-electron chi connectivity index (χ2n) is 6.70. The Balaban J connectivity index is 1.32. The lowest BCUT2D eigenvalue weighted by Gasteiger charge is -2.33. The zero-order valence-corrected chi connectivity index (χ0v) is 15.0. The van der Waals surface area contributed by atoms with Crippen LogP contribution < -0.4 is 5.32 Å². The van der Waals surface area contributed by atoms with Crippen molar-refractivity contribution in [1.29, 1.82) is 0 Å². The zero-order valence-electron chi connectivity index (χ0n) is 15.0. The van der Waals surface area contributed by atoms with E-state index in [1.807, 2.05) is 24.4 Å². The number of H-pyrrole nitrogens is 1. The molecule has 27 heavy (non-hydrogen) atoms. The highest BCUT2D eigenvalue weighted by Gasteiger charge is 2.25. The molecule has 6 heteroatoms. The number of amides is 2. The van der Waals surface area contributed by atoms with Gasteiger partial charge >= 0.3 is 6.03 Å². The predicted molar refractivity (Wildman–Crippen MR) is 102 cm³/mol. The van der Waals surface area contributed by atoms with Crippen molar-refractivity contribution in [3.05, 3.63) is 71.7 Å². The van der Waals surface area contributed by atoms with E-state index in [-0.39, 0.29) is 18.0 Å². The average Bonchev–Trinajstić information content (AvgIpc) is 3.12. The molecule has 0 aliphatic carbocycles. The van der Waals surface area contributed by atoms with Crippen LogP contribution in [-0.2, 0) is 11.2 Å². The minimum Gasteiger partial charge on any atom is -0.370 e. The van der Waals surface area contributed by atoms with Crippen LogP contribution in [0.2, 0.25) is 0 Å². The summed E-state index contributed by atoms with van der Waals surface area (Å²) in [7, 11) is 0. The van der Waals surface area contributed by atoms with Crippen LogP contribution in [0.1, 0.15) is 17.2 Å². The second-order valence-corrected chi connectivity index (χ2v) is 6.70. The standard InChI is InChI=1S/C21H22FN3O2/c22-17-7-5-15(6-8-17)20-14-25(11-12-27-20)21(26)23-10-9-16-13-24-19-4-2-1-3-18(16)19/h1-8,13,20,24H,9-12,14H2,(H,23,26). The van der Waals surface area contributed by atoms with Gasteiger partial charge in [0.25, 0.3) is 0 Å². The van der Waals surface area contributed by atoms with Gasteiger partial charge < -0.3 is 19.9 Å². The Morgan fingerprint density at radius 3 is 2.89 bits per heavy atom. The van der Waals surface area contributed by atoms with Crippen molar-refractivity contribution < 1.29 is 13.9 Å². The summed E-state index contributed by atoms with van der Waals surface area (Å²) in [5.41, 5.74) is 3.18. The fourth-order valence-corrected chi connectivity index (χ4v) is 3.47. The van der Waals surface area contributed by atoms with E-state index < -0.39 is 0 Å². The number of aromatic nitrogens is 1. The summed E-state index contributed by atoms with van der Waals surface area (Å²) < 4.78 is 18.8. The van der Waals surface area contributed by atoms with Gasteiger partial charge in [-0.15, -0.1) is 0 Å². The third-order valence-electron chi connectivity index (χ3n) is 4.94. The molecule has 1 aliphatic heterocycles. The second kappa shape index (κ2) is 7.80. The first-order chi connectivity index (χ1) is 13.2. The van der Waals surface area contributed by atoms with Crippen LogP contribution in [0.3, 0.4) is 0 Å². The third kappa shape index (κ3) is 3.95. The Hall–Kier alpha value is -2.86. The largest absolute Gasteiger partial charge is 0.370 e. The molecule has 0 saturated carbocycles. The number of fused-ring (bicyclic) bond motifs is 1. The molecule has 2 amide bonds. The summed E-state index contributed by atoms with van der Waals surface area (Å²) in [4.78, 5) is 17.5. The maximum absolute atomic E-state index is 13.1. The molecule has 140 valence electrons. The number of hydrogen-bond acceptors (Lipinski definition) is 2. The maximum Gasteiger partial charge on any atom is 0.317 e. The molecule has 1 saturated heterocycles. The van der Waals surface area contributed by atoms with Crippen molar-refractivity contribution >= 4 is 16.9 Å². The Kier molecular flexibility index (Phi) is 5.07. The molecule has 0 bridgehead atoms. The Morgan fingerprint density at radius 1 is 1.22 bits per heavy atom. The van der Waals surface area contributed by atoms with E-state index in [9.17, 15) is 9.18 Å². The van der Waals surface area contributed by atoms with Gasteiger partial charge in [-0.1, -0.05) is 30.3 Å². The summed E-state index contributed by atoms with van der Waals surface area (Å²) >= 11 is 0. The van der Waals surface area contributed by atoms with Gasteiger partial charge in [0.15, 0.2) is 0 Å². The molecule has 3 aromatic rings. The van der Waals surface area contributed by atoms with Gasteiger partial charge in [0.1, 0.15) is 11.9 Å². The van der Waals surface area contributed by atoms with Gasteiger partial charge in [0.2, 0.25) is 0 Å². The lowest BCUT2D eigenvalue weighted by molar-refractivity contribution is -0.0154. The highest BCUT2D eigenvalue weighted by Crippen LogP contribution is 2.22. The number of aromatic amines is 1. The van der Waals surface area contributed by atoms with Gasteiger partial charge in [-0.25, -0.2) is 9.18 Å². The Bertz CT molecular complexity index is 923. The van der Waals surface area contributed by atoms with E-state index >= 15 is 0 Å². The number of rotatable bonds is 4. The molecule has 1 fully saturated rings. The number of morpholine rings is 1. The number of benzene rings is 2. The molecule has 1 aliphatic rings. The van der Waals surface area contributed by atoms with Crippen molar-refractivity contribution in [2.75, 3.05) is 26.2 Å². The first-order valence-electron chi connectivity index (χ1n) is 9.15. The molecule has 1 atom stereocenters. The predicted octanol–water partition coefficient (Wildman–Crippen LogP) is 3.63. The minimum absolute atomic E-state index is 0.0924. The molecule has 0 radical (unpaired) electrons. The fraction of sp³-hybridized carbons (Fsp3) is 0.286. The van der Waals surface area contributed by atoms with Crippen molar-refractivity contribution in [3.8, 4) is 0 Å². The molecule has 2 heterocycles. The fourth-order valence-electron chi connectivity index (χ4n) is 3.47. The average molecular weight is 367 g/mol. The number of halogens is 1. The Labute approximate surface area is 157 Å². The number of carbonyl (C=O) groups excluding carboxylic acids is 1. The lowest BCUT2D eigenvalue weighted by Crippen LogP contribution is -2.47. The Morgan fingerprint density at radius 2 is 2.04 bits per heavy atom. The number of carbonyl (C=O) groups is 1. The normalized spacial score (nSPS) is 17.2. The zero-order chi connectivity index (χ0) is 18.6. The highest BCUT2D eigenvalue weighted by atomic mass is 19.1. The van der Waals surface area contributed by atoms with E-state index in [0.717, 1.165) is 17.5 Å². The number of hydrogen-bond donors (Lipinski definition) is 2. The van der Waals surface area contributed by atoms with Crippen molar-refractivity contribution in [2.24, 2.45) is 0 Å². The topological polar surface area (TPSA) is 57.4 Å². The maximum atomic E-state index is 13.1.